The molecular weight excluding hydrogens is 306 g/mol. The van der Waals surface area contributed by atoms with Gasteiger partial charge < -0.3 is 9.15 Å². The minimum atomic E-state index is -0.492. The summed E-state index contributed by atoms with van der Waals surface area (Å²) in [4.78, 5) is 27.7. The van der Waals surface area contributed by atoms with Gasteiger partial charge in [-0.2, -0.15) is 0 Å². The first-order chi connectivity index (χ1) is 10.6. The predicted octanol–water partition coefficient (Wildman–Crippen LogP) is 3.30. The highest BCUT2D eigenvalue weighted by atomic mass is 35.5. The van der Waals surface area contributed by atoms with Gasteiger partial charge in [-0.25, -0.2) is 14.6 Å². The number of carbonyl (C=O) groups is 1. The Kier molecular flexibility index (Phi) is 3.65. The molecule has 0 fully saturated rings. The molecule has 0 unspecified atom stereocenters. The summed E-state index contributed by atoms with van der Waals surface area (Å²) in [5.41, 5.74) is 0.938. The molecule has 0 bridgehead atoms. The van der Waals surface area contributed by atoms with E-state index in [4.69, 9.17) is 16.0 Å². The summed E-state index contributed by atoms with van der Waals surface area (Å²) in [7, 11) is 1.31. The second-order valence-corrected chi connectivity index (χ2v) is 4.97. The Labute approximate surface area is 130 Å². The van der Waals surface area contributed by atoms with Gasteiger partial charge >= 0.3 is 11.6 Å². The quantitative estimate of drug-likeness (QED) is 0.679. The Balaban J connectivity index is 2.10. The van der Waals surface area contributed by atoms with E-state index in [-0.39, 0.29) is 5.89 Å². The molecule has 2 aromatic carbocycles. The van der Waals surface area contributed by atoms with Crippen LogP contribution in [0.4, 0.5) is 0 Å². The first-order valence-corrected chi connectivity index (χ1v) is 6.75. The van der Waals surface area contributed by atoms with Gasteiger partial charge in [0.2, 0.25) is 5.89 Å². The van der Waals surface area contributed by atoms with E-state index in [9.17, 15) is 9.59 Å². The van der Waals surface area contributed by atoms with Crippen LogP contribution in [-0.2, 0) is 4.74 Å². The molecule has 0 aliphatic heterocycles. The van der Waals surface area contributed by atoms with Gasteiger partial charge in [0.1, 0.15) is 0 Å². The zero-order valence-corrected chi connectivity index (χ0v) is 12.3. The lowest BCUT2D eigenvalue weighted by atomic mass is 10.1. The highest BCUT2D eigenvalue weighted by Crippen LogP contribution is 2.21. The van der Waals surface area contributed by atoms with E-state index in [1.54, 1.807) is 42.5 Å². The van der Waals surface area contributed by atoms with Crippen molar-refractivity contribution in [3.8, 4) is 11.5 Å². The molecule has 110 valence electrons. The molecular formula is C16H10ClNO4. The fourth-order valence-corrected chi connectivity index (χ4v) is 2.20. The molecule has 0 N–H and O–H groups in total. The number of methoxy groups -OCH3 is 1. The molecule has 1 heterocycles. The monoisotopic (exact) mass is 315 g/mol. The van der Waals surface area contributed by atoms with Gasteiger partial charge in [0.15, 0.2) is 0 Å². The van der Waals surface area contributed by atoms with Crippen LogP contribution in [0, 0.1) is 0 Å². The first-order valence-electron chi connectivity index (χ1n) is 6.37. The van der Waals surface area contributed by atoms with E-state index >= 15 is 0 Å². The van der Waals surface area contributed by atoms with Crippen LogP contribution in [0.3, 0.4) is 0 Å². The van der Waals surface area contributed by atoms with E-state index < -0.39 is 11.6 Å². The lowest BCUT2D eigenvalue weighted by Gasteiger charge is -2.03. The zero-order valence-electron chi connectivity index (χ0n) is 11.5. The molecule has 1 aromatic heterocycles. The highest BCUT2D eigenvalue weighted by Gasteiger charge is 2.10. The maximum Gasteiger partial charge on any atom is 0.347 e. The summed E-state index contributed by atoms with van der Waals surface area (Å²) >= 11 is 5.92. The second kappa shape index (κ2) is 5.61. The lowest BCUT2D eigenvalue weighted by Crippen LogP contribution is -2.03. The largest absolute Gasteiger partial charge is 0.465 e. The zero-order chi connectivity index (χ0) is 15.7. The molecule has 3 aromatic rings. The molecule has 0 atom stereocenters. The second-order valence-electron chi connectivity index (χ2n) is 4.54. The average molecular weight is 316 g/mol. The third-order valence-electron chi connectivity index (χ3n) is 3.14. The number of hydrogen-bond acceptors (Lipinski definition) is 5. The summed E-state index contributed by atoms with van der Waals surface area (Å²) in [5.74, 6) is -0.276. The molecule has 0 aliphatic rings. The van der Waals surface area contributed by atoms with Crippen molar-refractivity contribution in [2.45, 2.75) is 0 Å². The summed E-state index contributed by atoms with van der Waals surface area (Å²) in [5, 5.41) is 0.844. The molecule has 0 saturated heterocycles. The average Bonchev–Trinajstić information content (AvgIpc) is 2.53. The Morgan fingerprint density at radius 1 is 1.18 bits per heavy atom. The maximum absolute atomic E-state index is 12.0. The van der Waals surface area contributed by atoms with Crippen molar-refractivity contribution in [2.75, 3.05) is 7.11 Å². The van der Waals surface area contributed by atoms with Crippen molar-refractivity contribution in [3.63, 3.8) is 0 Å². The van der Waals surface area contributed by atoms with Crippen molar-refractivity contribution < 1.29 is 13.9 Å². The van der Waals surface area contributed by atoms with Crippen LogP contribution in [0.15, 0.2) is 51.7 Å². The molecule has 0 aliphatic carbocycles. The normalized spacial score (nSPS) is 10.6. The number of carbonyl (C=O) groups excluding carboxylic acids is 1. The van der Waals surface area contributed by atoms with E-state index in [0.29, 0.717) is 27.1 Å². The van der Waals surface area contributed by atoms with Gasteiger partial charge in [-0.3, -0.25) is 0 Å². The summed E-state index contributed by atoms with van der Waals surface area (Å²) in [6.07, 6.45) is 0. The number of esters is 1. The van der Waals surface area contributed by atoms with E-state index in [1.165, 1.54) is 7.11 Å². The van der Waals surface area contributed by atoms with Crippen LogP contribution in [0.5, 0.6) is 0 Å². The van der Waals surface area contributed by atoms with E-state index in [1.807, 2.05) is 0 Å². The molecule has 6 heteroatoms. The van der Waals surface area contributed by atoms with Gasteiger partial charge in [-0.15, -0.1) is 0 Å². The number of halogens is 1. The lowest BCUT2D eigenvalue weighted by molar-refractivity contribution is 0.0601. The number of hydrogen-bond donors (Lipinski definition) is 0. The highest BCUT2D eigenvalue weighted by molar-refractivity contribution is 6.31. The van der Waals surface area contributed by atoms with Crippen LogP contribution in [0.1, 0.15) is 10.4 Å². The molecule has 0 saturated carbocycles. The van der Waals surface area contributed by atoms with Gasteiger partial charge in [0.25, 0.3) is 0 Å². The van der Waals surface area contributed by atoms with Crippen molar-refractivity contribution >= 4 is 28.5 Å². The molecule has 5 nitrogen and oxygen atoms in total. The smallest absolute Gasteiger partial charge is 0.347 e. The number of benzene rings is 2. The number of ether oxygens (including phenoxy) is 1. The Morgan fingerprint density at radius 3 is 2.59 bits per heavy atom. The van der Waals surface area contributed by atoms with Gasteiger partial charge in [0, 0.05) is 10.6 Å². The van der Waals surface area contributed by atoms with E-state index in [2.05, 4.69) is 9.72 Å². The number of rotatable bonds is 2. The topological polar surface area (TPSA) is 69.4 Å². The number of fused-ring (bicyclic) bond motifs is 1. The minimum absolute atomic E-state index is 0.163. The van der Waals surface area contributed by atoms with Crippen LogP contribution < -0.4 is 5.63 Å². The Bertz CT molecular complexity index is 916. The van der Waals surface area contributed by atoms with E-state index in [0.717, 1.165) is 0 Å². The SMILES string of the molecule is COC(=O)c1ccc(-c2nc3cc(Cl)ccc3c(=O)o2)cc1. The third kappa shape index (κ3) is 2.58. The summed E-state index contributed by atoms with van der Waals surface area (Å²) < 4.78 is 9.85. The van der Waals surface area contributed by atoms with Crippen molar-refractivity contribution in [1.29, 1.82) is 0 Å². The first kappa shape index (κ1) is 14.3. The fourth-order valence-electron chi connectivity index (χ4n) is 2.04. The molecule has 0 spiro atoms. The van der Waals surface area contributed by atoms with Gasteiger partial charge in [-0.05, 0) is 42.5 Å². The van der Waals surface area contributed by atoms with Gasteiger partial charge in [-0.1, -0.05) is 11.6 Å². The summed E-state index contributed by atoms with van der Waals surface area (Å²) in [6, 6.07) is 11.2. The molecule has 0 radical (unpaired) electrons. The van der Waals surface area contributed by atoms with Crippen LogP contribution in [0.25, 0.3) is 22.4 Å². The fraction of sp³-hybridized carbons (Fsp3) is 0.0625. The standard InChI is InChI=1S/C16H10ClNO4/c1-21-15(19)10-4-2-9(3-5-10)14-18-13-8-11(17)6-7-12(13)16(20)22-14/h2-8H,1H3. The van der Waals surface area contributed by atoms with Crippen LogP contribution in [0.2, 0.25) is 5.02 Å². The van der Waals surface area contributed by atoms with Gasteiger partial charge in [0.05, 0.1) is 23.6 Å². The number of aromatic nitrogens is 1. The van der Waals surface area contributed by atoms with Crippen molar-refractivity contribution in [1.82, 2.24) is 4.98 Å². The Hall–Kier alpha value is -2.66. The Morgan fingerprint density at radius 2 is 1.91 bits per heavy atom. The predicted molar refractivity (Wildman–Crippen MR) is 82.1 cm³/mol. The van der Waals surface area contributed by atoms with Crippen LogP contribution >= 0.6 is 11.6 Å². The molecule has 3 rings (SSSR count). The van der Waals surface area contributed by atoms with Crippen molar-refractivity contribution in [2.24, 2.45) is 0 Å². The molecule has 0 amide bonds. The molecule has 22 heavy (non-hydrogen) atoms. The number of nitrogens with zero attached hydrogens (tertiary/aromatic N) is 1. The minimum Gasteiger partial charge on any atom is -0.465 e. The third-order valence-corrected chi connectivity index (χ3v) is 3.38. The van der Waals surface area contributed by atoms with Crippen molar-refractivity contribution in [3.05, 3.63) is 63.5 Å². The maximum atomic E-state index is 12.0. The van der Waals surface area contributed by atoms with Crippen LogP contribution in [-0.4, -0.2) is 18.1 Å². The summed E-state index contributed by atoms with van der Waals surface area (Å²) in [6.45, 7) is 0.